The molecule has 7 aromatic carbocycles. The summed E-state index contributed by atoms with van der Waals surface area (Å²) in [5.41, 5.74) is 6.59. The molecule has 8 aromatic rings. The number of nitrogens with zero attached hydrogens (tertiary/aromatic N) is 2. The van der Waals surface area contributed by atoms with Gasteiger partial charge in [-0.25, -0.2) is 9.97 Å². The number of hydrogen-bond donors (Lipinski definition) is 0. The maximum atomic E-state index is 8.75. The lowest BCUT2D eigenvalue weighted by molar-refractivity contribution is 0.661. The zero-order chi connectivity index (χ0) is 40.2. The molecular formula is C45H32N2. The molecule has 0 N–H and O–H groups in total. The Hall–Kier alpha value is -5.86. The van der Waals surface area contributed by atoms with Crippen LogP contribution in [0.25, 0.3) is 77.7 Å². The Morgan fingerprint density at radius 3 is 1.72 bits per heavy atom. The molecule has 0 saturated heterocycles. The summed E-state index contributed by atoms with van der Waals surface area (Å²) < 4.78 is 84.8. The van der Waals surface area contributed by atoms with Gasteiger partial charge in [0.1, 0.15) is 0 Å². The predicted molar refractivity (Wildman–Crippen MR) is 196 cm³/mol. The van der Waals surface area contributed by atoms with Gasteiger partial charge in [0.15, 0.2) is 5.82 Å². The Morgan fingerprint density at radius 1 is 0.489 bits per heavy atom. The fourth-order valence-electron chi connectivity index (χ4n) is 7.01. The zero-order valence-electron chi connectivity index (χ0n) is 35.6. The molecule has 222 valence electrons. The van der Waals surface area contributed by atoms with Gasteiger partial charge in [0, 0.05) is 22.1 Å². The molecule has 1 aliphatic carbocycles. The topological polar surface area (TPSA) is 25.8 Å². The first kappa shape index (κ1) is 19.0. The third kappa shape index (κ3) is 4.40. The second kappa shape index (κ2) is 10.6. The maximum Gasteiger partial charge on any atom is 0.161 e. The Labute approximate surface area is 289 Å². The van der Waals surface area contributed by atoms with E-state index in [1.807, 2.05) is 42.5 Å². The number of benzene rings is 7. The van der Waals surface area contributed by atoms with Crippen molar-refractivity contribution in [2.75, 3.05) is 0 Å². The molecule has 1 heterocycles. The molecule has 47 heavy (non-hydrogen) atoms. The summed E-state index contributed by atoms with van der Waals surface area (Å²) in [7, 11) is 0. The minimum Gasteiger partial charge on any atom is -0.228 e. The highest BCUT2D eigenvalue weighted by Crippen LogP contribution is 2.54. The van der Waals surface area contributed by atoms with Gasteiger partial charge in [-0.05, 0) is 79.2 Å². The van der Waals surface area contributed by atoms with Crippen molar-refractivity contribution in [1.82, 2.24) is 9.97 Å². The molecule has 2 nitrogen and oxygen atoms in total. The molecule has 0 amide bonds. The molecule has 0 spiro atoms. The Kier molecular flexibility index (Phi) is 4.28. The van der Waals surface area contributed by atoms with Crippen molar-refractivity contribution in [2.24, 2.45) is 0 Å². The van der Waals surface area contributed by atoms with E-state index in [1.54, 1.807) is 0 Å². The first-order chi connectivity index (χ1) is 27.2. The van der Waals surface area contributed by atoms with Crippen LogP contribution in [0.2, 0.25) is 0 Å². The van der Waals surface area contributed by atoms with Crippen LogP contribution in [0, 0.1) is 0 Å². The van der Waals surface area contributed by atoms with Crippen LogP contribution in [-0.4, -0.2) is 9.97 Å². The van der Waals surface area contributed by atoms with Crippen molar-refractivity contribution in [3.63, 3.8) is 0 Å². The third-order valence-electron chi connectivity index (χ3n) is 9.26. The van der Waals surface area contributed by atoms with Gasteiger partial charge in [-0.15, -0.1) is 0 Å². The van der Waals surface area contributed by atoms with E-state index in [1.165, 1.54) is 28.1 Å². The van der Waals surface area contributed by atoms with Crippen LogP contribution in [-0.2, 0) is 5.41 Å². The van der Waals surface area contributed by atoms with Crippen LogP contribution in [0.3, 0.4) is 0 Å². The Bertz CT molecular complexity index is 2920. The molecule has 0 saturated carbocycles. The van der Waals surface area contributed by atoms with Gasteiger partial charge in [0.05, 0.1) is 25.1 Å². The maximum absolute atomic E-state index is 8.75. The molecule has 0 radical (unpaired) electrons. The lowest BCUT2D eigenvalue weighted by Gasteiger charge is -2.22. The van der Waals surface area contributed by atoms with Gasteiger partial charge < -0.3 is 0 Å². The van der Waals surface area contributed by atoms with E-state index < -0.39 is 60.4 Å². The van der Waals surface area contributed by atoms with Crippen LogP contribution >= 0.6 is 0 Å². The second-order valence-electron chi connectivity index (χ2n) is 12.3. The number of hydrogen-bond acceptors (Lipinski definition) is 2. The normalized spacial score (nSPS) is 16.0. The molecule has 1 aliphatic rings. The summed E-state index contributed by atoms with van der Waals surface area (Å²) in [6.45, 7) is 4.51. The Morgan fingerprint density at radius 2 is 1.06 bits per heavy atom. The fraction of sp³-hybridized carbons (Fsp3) is 0.0667. The van der Waals surface area contributed by atoms with Crippen molar-refractivity contribution < 1.29 is 13.7 Å². The van der Waals surface area contributed by atoms with Crippen LogP contribution in [0.15, 0.2) is 157 Å². The van der Waals surface area contributed by atoms with E-state index >= 15 is 0 Å². The highest BCUT2D eigenvalue weighted by Gasteiger charge is 2.37. The number of aromatic nitrogens is 2. The van der Waals surface area contributed by atoms with Gasteiger partial charge in [-0.3, -0.25) is 0 Å². The van der Waals surface area contributed by atoms with Gasteiger partial charge in [0.2, 0.25) is 0 Å². The van der Waals surface area contributed by atoms with E-state index in [0.29, 0.717) is 5.56 Å². The zero-order valence-corrected chi connectivity index (χ0v) is 25.6. The number of fused-ring (bicyclic) bond motifs is 5. The quantitative estimate of drug-likeness (QED) is 0.198. The summed E-state index contributed by atoms with van der Waals surface area (Å²) in [6.07, 6.45) is 0. The minimum absolute atomic E-state index is 0.0566. The second-order valence-corrected chi connectivity index (χ2v) is 12.3. The molecule has 0 aliphatic heterocycles. The van der Waals surface area contributed by atoms with Crippen molar-refractivity contribution >= 4 is 21.5 Å². The van der Waals surface area contributed by atoms with Gasteiger partial charge in [-0.1, -0.05) is 147 Å². The molecule has 0 atom stereocenters. The van der Waals surface area contributed by atoms with Crippen LogP contribution < -0.4 is 0 Å². The number of rotatable bonds is 4. The van der Waals surface area contributed by atoms with Gasteiger partial charge in [0.25, 0.3) is 0 Å². The van der Waals surface area contributed by atoms with Crippen molar-refractivity contribution in [1.29, 1.82) is 0 Å². The monoisotopic (exact) mass is 610 g/mol. The summed E-state index contributed by atoms with van der Waals surface area (Å²) in [5.74, 6) is 0.0834. The largest absolute Gasteiger partial charge is 0.228 e. The fourth-order valence-corrected chi connectivity index (χ4v) is 7.01. The van der Waals surface area contributed by atoms with Crippen molar-refractivity contribution in [2.45, 2.75) is 19.3 Å². The lowest BCUT2D eigenvalue weighted by atomic mass is 9.81. The van der Waals surface area contributed by atoms with Crippen LogP contribution in [0.5, 0.6) is 0 Å². The van der Waals surface area contributed by atoms with E-state index in [4.69, 9.17) is 23.7 Å². The van der Waals surface area contributed by atoms with E-state index in [9.17, 15) is 0 Å². The highest BCUT2D eigenvalue weighted by atomic mass is 14.9. The SMILES string of the molecule is [2H]c1c([2H])c([2H])c(-c2cc(-c3c([2H])c([2H])c([2H])c([2H])c3[2H])nc(-c3ccc(-c4cccc5c4-c4cc6ccccc6cc4C5(C)C)c4ccccc34)n2)c([2H])c1[2H]. The molecule has 0 fully saturated rings. The van der Waals surface area contributed by atoms with E-state index in [0.717, 1.165) is 32.8 Å². The van der Waals surface area contributed by atoms with Crippen LogP contribution in [0.4, 0.5) is 0 Å². The third-order valence-corrected chi connectivity index (χ3v) is 9.26. The molecule has 1 aromatic heterocycles. The first-order valence-corrected chi connectivity index (χ1v) is 15.4. The molecule has 0 unspecified atom stereocenters. The van der Waals surface area contributed by atoms with Gasteiger partial charge >= 0.3 is 0 Å². The predicted octanol–water partition coefficient (Wildman–Crippen LogP) is 11.8. The summed E-state index contributed by atoms with van der Waals surface area (Å²) in [5, 5.41) is 3.98. The average molecular weight is 611 g/mol. The summed E-state index contributed by atoms with van der Waals surface area (Å²) >= 11 is 0. The molecular weight excluding hydrogens is 569 g/mol. The average Bonchev–Trinajstić information content (AvgIpc) is 3.44. The summed E-state index contributed by atoms with van der Waals surface area (Å²) in [6, 6.07) is 27.0. The van der Waals surface area contributed by atoms with E-state index in [-0.39, 0.29) is 33.8 Å². The van der Waals surface area contributed by atoms with Crippen molar-refractivity contribution in [3.05, 3.63) is 169 Å². The minimum atomic E-state index is -0.568. The van der Waals surface area contributed by atoms with E-state index in [2.05, 4.69) is 62.4 Å². The van der Waals surface area contributed by atoms with Crippen LogP contribution in [0.1, 0.15) is 38.7 Å². The lowest BCUT2D eigenvalue weighted by Crippen LogP contribution is -2.14. The molecule has 2 heteroatoms. The first-order valence-electron chi connectivity index (χ1n) is 20.4. The Balaban J connectivity index is 1.32. The van der Waals surface area contributed by atoms with Crippen molar-refractivity contribution in [3.8, 4) is 56.2 Å². The summed E-state index contributed by atoms with van der Waals surface area (Å²) in [4.78, 5) is 9.62. The standard InChI is InChI=1S/C45H32N2/c1-45(2)39-23-13-22-36(43(39)38-26-31-18-9-10-19-32(31)27-40(38)45)35-24-25-37(34-21-12-11-20-33(34)35)44-46-41(29-14-5-3-6-15-29)28-42(47-44)30-16-7-4-8-17-30/h3-28H,1-2H3/i3D,4D,5D,6D,7D,8D,14D,15D,16D,17D. The molecule has 9 rings (SSSR count). The molecule has 0 bridgehead atoms. The highest BCUT2D eigenvalue weighted by molar-refractivity contribution is 6.08. The smallest absolute Gasteiger partial charge is 0.161 e. The van der Waals surface area contributed by atoms with Gasteiger partial charge in [-0.2, -0.15) is 0 Å².